The number of hydrogen-bond donors (Lipinski definition) is 1. The third-order valence-electron chi connectivity index (χ3n) is 3.16. The summed E-state index contributed by atoms with van der Waals surface area (Å²) < 4.78 is 0. The van der Waals surface area contributed by atoms with E-state index < -0.39 is 0 Å². The van der Waals surface area contributed by atoms with Crippen molar-refractivity contribution >= 4 is 28.1 Å². The molecule has 2 N–H and O–H groups in total. The lowest BCUT2D eigenvalue weighted by atomic mass is 9.93. The molecule has 0 radical (unpaired) electrons. The molecule has 2 aromatic rings. The maximum absolute atomic E-state index is 5.90. The van der Waals surface area contributed by atoms with E-state index in [0.29, 0.717) is 5.13 Å². The zero-order valence-electron chi connectivity index (χ0n) is 8.61. The van der Waals surface area contributed by atoms with Gasteiger partial charge in [0, 0.05) is 15.8 Å². The van der Waals surface area contributed by atoms with Crippen LogP contribution in [0.5, 0.6) is 0 Å². The van der Waals surface area contributed by atoms with Crippen molar-refractivity contribution in [2.24, 2.45) is 0 Å². The number of hydrogen-bond acceptors (Lipinski definition) is 3. The van der Waals surface area contributed by atoms with E-state index in [2.05, 4.69) is 22.5 Å². The predicted molar refractivity (Wildman–Crippen MR) is 68.0 cm³/mol. The van der Waals surface area contributed by atoms with Crippen LogP contribution in [0.2, 0.25) is 5.02 Å². The van der Waals surface area contributed by atoms with Crippen molar-refractivity contribution < 1.29 is 0 Å². The molecule has 82 valence electrons. The summed E-state index contributed by atoms with van der Waals surface area (Å²) in [4.78, 5) is 4.41. The molecule has 1 fully saturated rings. The minimum Gasteiger partial charge on any atom is -0.375 e. The highest BCUT2D eigenvalue weighted by molar-refractivity contribution is 7.13. The van der Waals surface area contributed by atoms with Crippen LogP contribution < -0.4 is 5.73 Å². The SMILES string of the molecule is Nc1nc(C2(c3ccc(Cl)cc3)CC2)cs1. The molecular weight excluding hydrogens is 240 g/mol. The average Bonchev–Trinajstić information content (AvgIpc) is 2.97. The van der Waals surface area contributed by atoms with Crippen LogP contribution in [-0.2, 0) is 5.41 Å². The molecule has 0 bridgehead atoms. The van der Waals surface area contributed by atoms with Gasteiger partial charge >= 0.3 is 0 Å². The average molecular weight is 251 g/mol. The van der Waals surface area contributed by atoms with E-state index in [4.69, 9.17) is 17.3 Å². The number of thiazole rings is 1. The quantitative estimate of drug-likeness (QED) is 0.887. The Labute approximate surface area is 103 Å². The summed E-state index contributed by atoms with van der Waals surface area (Å²) in [6, 6.07) is 8.05. The number of aromatic nitrogens is 1. The van der Waals surface area contributed by atoms with Crippen LogP contribution in [0.15, 0.2) is 29.6 Å². The molecular formula is C12H11ClN2S. The van der Waals surface area contributed by atoms with Gasteiger partial charge in [0.05, 0.1) is 5.69 Å². The summed E-state index contributed by atoms with van der Waals surface area (Å²) >= 11 is 7.41. The van der Waals surface area contributed by atoms with E-state index in [0.717, 1.165) is 23.6 Å². The largest absolute Gasteiger partial charge is 0.375 e. The molecule has 1 saturated carbocycles. The van der Waals surface area contributed by atoms with Gasteiger partial charge < -0.3 is 5.73 Å². The van der Waals surface area contributed by atoms with Crippen molar-refractivity contribution in [1.29, 1.82) is 0 Å². The summed E-state index contributed by atoms with van der Waals surface area (Å²) in [5, 5.41) is 3.49. The third-order valence-corrected chi connectivity index (χ3v) is 4.08. The van der Waals surface area contributed by atoms with Crippen molar-refractivity contribution in [3.63, 3.8) is 0 Å². The first-order chi connectivity index (χ1) is 7.71. The van der Waals surface area contributed by atoms with Gasteiger partial charge in [-0.25, -0.2) is 4.98 Å². The Kier molecular flexibility index (Phi) is 2.19. The van der Waals surface area contributed by atoms with Gasteiger partial charge in [-0.05, 0) is 30.5 Å². The van der Waals surface area contributed by atoms with Gasteiger partial charge in [0.15, 0.2) is 5.13 Å². The molecule has 1 heterocycles. The Balaban J connectivity index is 2.03. The van der Waals surface area contributed by atoms with Crippen LogP contribution in [0.25, 0.3) is 0 Å². The molecule has 0 atom stereocenters. The van der Waals surface area contributed by atoms with Crippen molar-refractivity contribution in [2.45, 2.75) is 18.3 Å². The first-order valence-electron chi connectivity index (χ1n) is 5.18. The fourth-order valence-corrected chi connectivity index (χ4v) is 2.88. The van der Waals surface area contributed by atoms with E-state index in [9.17, 15) is 0 Å². The molecule has 0 aliphatic heterocycles. The maximum atomic E-state index is 5.90. The maximum Gasteiger partial charge on any atom is 0.180 e. The minimum atomic E-state index is 0.110. The second-order valence-corrected chi connectivity index (χ2v) is 5.49. The molecule has 4 heteroatoms. The Morgan fingerprint density at radius 3 is 2.44 bits per heavy atom. The molecule has 3 rings (SSSR count). The number of nitrogens with zero attached hydrogens (tertiary/aromatic N) is 1. The summed E-state index contributed by atoms with van der Waals surface area (Å²) in [5.41, 5.74) is 8.20. The van der Waals surface area contributed by atoms with Crippen molar-refractivity contribution in [1.82, 2.24) is 4.98 Å². The third kappa shape index (κ3) is 1.51. The van der Waals surface area contributed by atoms with Crippen LogP contribution in [0, 0.1) is 0 Å². The molecule has 1 aromatic heterocycles. The standard InChI is InChI=1S/C12H11ClN2S/c13-9-3-1-8(2-4-9)12(5-6-12)10-7-16-11(14)15-10/h1-4,7H,5-6H2,(H2,14,15). The Bertz CT molecular complexity index is 514. The van der Waals surface area contributed by atoms with Crippen LogP contribution in [0.1, 0.15) is 24.1 Å². The molecule has 1 aromatic carbocycles. The molecule has 0 unspecified atom stereocenters. The predicted octanol–water partition coefficient (Wildman–Crippen LogP) is 3.46. The highest BCUT2D eigenvalue weighted by Gasteiger charge is 2.47. The number of halogens is 1. The minimum absolute atomic E-state index is 0.110. The topological polar surface area (TPSA) is 38.9 Å². The molecule has 2 nitrogen and oxygen atoms in total. The summed E-state index contributed by atoms with van der Waals surface area (Å²) in [6.45, 7) is 0. The van der Waals surface area contributed by atoms with Gasteiger partial charge in [0.1, 0.15) is 0 Å². The lowest BCUT2D eigenvalue weighted by molar-refractivity contribution is 0.815. The monoisotopic (exact) mass is 250 g/mol. The van der Waals surface area contributed by atoms with Gasteiger partial charge in [-0.15, -0.1) is 11.3 Å². The lowest BCUT2D eigenvalue weighted by Gasteiger charge is -2.12. The molecule has 1 aliphatic rings. The second-order valence-electron chi connectivity index (χ2n) is 4.16. The first-order valence-corrected chi connectivity index (χ1v) is 6.44. The molecule has 0 saturated heterocycles. The molecule has 0 amide bonds. The Hall–Kier alpha value is -1.06. The Morgan fingerprint density at radius 2 is 1.94 bits per heavy atom. The number of rotatable bonds is 2. The summed E-state index contributed by atoms with van der Waals surface area (Å²) in [7, 11) is 0. The highest BCUT2D eigenvalue weighted by atomic mass is 35.5. The van der Waals surface area contributed by atoms with E-state index in [1.807, 2.05) is 12.1 Å². The molecule has 16 heavy (non-hydrogen) atoms. The first kappa shape index (κ1) is 10.1. The van der Waals surface area contributed by atoms with Gasteiger partial charge in [0.2, 0.25) is 0 Å². The number of nitrogen functional groups attached to an aromatic ring is 1. The normalized spacial score (nSPS) is 17.3. The van der Waals surface area contributed by atoms with Crippen molar-refractivity contribution in [3.8, 4) is 0 Å². The van der Waals surface area contributed by atoms with Crippen LogP contribution in [0.3, 0.4) is 0 Å². The second kappa shape index (κ2) is 3.47. The zero-order valence-corrected chi connectivity index (χ0v) is 10.2. The van der Waals surface area contributed by atoms with Gasteiger partial charge in [0.25, 0.3) is 0 Å². The van der Waals surface area contributed by atoms with Gasteiger partial charge in [-0.2, -0.15) is 0 Å². The molecule has 1 aliphatic carbocycles. The zero-order chi connectivity index (χ0) is 11.2. The van der Waals surface area contributed by atoms with E-state index in [1.165, 1.54) is 16.9 Å². The van der Waals surface area contributed by atoms with Crippen molar-refractivity contribution in [2.75, 3.05) is 5.73 Å². The van der Waals surface area contributed by atoms with E-state index in [1.54, 1.807) is 0 Å². The fraction of sp³-hybridized carbons (Fsp3) is 0.250. The number of benzene rings is 1. The number of anilines is 1. The highest BCUT2D eigenvalue weighted by Crippen LogP contribution is 2.53. The summed E-state index contributed by atoms with van der Waals surface area (Å²) in [6.07, 6.45) is 2.30. The van der Waals surface area contributed by atoms with Gasteiger partial charge in [-0.3, -0.25) is 0 Å². The van der Waals surface area contributed by atoms with Crippen molar-refractivity contribution in [3.05, 3.63) is 45.9 Å². The van der Waals surface area contributed by atoms with Gasteiger partial charge in [-0.1, -0.05) is 23.7 Å². The Morgan fingerprint density at radius 1 is 1.25 bits per heavy atom. The van der Waals surface area contributed by atoms with Crippen LogP contribution >= 0.6 is 22.9 Å². The lowest BCUT2D eigenvalue weighted by Crippen LogP contribution is -2.09. The van der Waals surface area contributed by atoms with Crippen LogP contribution in [0.4, 0.5) is 5.13 Å². The van der Waals surface area contributed by atoms with E-state index >= 15 is 0 Å². The van der Waals surface area contributed by atoms with E-state index in [-0.39, 0.29) is 5.41 Å². The number of nitrogens with two attached hydrogens (primary N) is 1. The summed E-state index contributed by atoms with van der Waals surface area (Å²) in [5.74, 6) is 0. The fourth-order valence-electron chi connectivity index (χ4n) is 2.09. The molecule has 0 spiro atoms. The smallest absolute Gasteiger partial charge is 0.180 e. The van der Waals surface area contributed by atoms with Crippen LogP contribution in [-0.4, -0.2) is 4.98 Å².